The van der Waals surface area contributed by atoms with E-state index >= 15 is 0 Å². The number of nitrogens with zero attached hydrogens (tertiary/aromatic N) is 3. The number of hydrogen-bond acceptors (Lipinski definition) is 4. The molecule has 2 fully saturated rings. The summed E-state index contributed by atoms with van der Waals surface area (Å²) in [6, 6.07) is 4.91. The summed E-state index contributed by atoms with van der Waals surface area (Å²) in [4.78, 5) is 9.52. The highest BCUT2D eigenvalue weighted by atomic mass is 15.3. The third kappa shape index (κ3) is 2.22. The third-order valence-corrected chi connectivity index (χ3v) is 4.24. The molecule has 0 spiro atoms. The van der Waals surface area contributed by atoms with Crippen LogP contribution in [0.15, 0.2) is 18.3 Å². The van der Waals surface area contributed by atoms with Crippen molar-refractivity contribution in [3.63, 3.8) is 0 Å². The average Bonchev–Trinajstić information content (AvgIpc) is 2.46. The van der Waals surface area contributed by atoms with Gasteiger partial charge in [-0.2, -0.15) is 0 Å². The minimum Gasteiger partial charge on any atom is -0.367 e. The Hall–Kier alpha value is -1.13. The van der Waals surface area contributed by atoms with Gasteiger partial charge in [-0.05, 0) is 31.5 Å². The molecule has 1 unspecified atom stereocenters. The Kier molecular flexibility index (Phi) is 3.48. The number of aromatic nitrogens is 1. The predicted molar refractivity (Wildman–Crippen MR) is 73.6 cm³/mol. The van der Waals surface area contributed by atoms with Gasteiger partial charge in [0.05, 0.1) is 11.4 Å². The lowest BCUT2D eigenvalue weighted by Gasteiger charge is -2.45. The van der Waals surface area contributed by atoms with Crippen molar-refractivity contribution in [2.75, 3.05) is 31.1 Å². The van der Waals surface area contributed by atoms with E-state index in [1.807, 2.05) is 12.3 Å². The van der Waals surface area contributed by atoms with Crippen molar-refractivity contribution < 1.29 is 0 Å². The van der Waals surface area contributed by atoms with Crippen molar-refractivity contribution >= 4 is 5.69 Å². The first-order valence-corrected chi connectivity index (χ1v) is 7.01. The number of piperazine rings is 1. The molecule has 2 N–H and O–H groups in total. The number of hydrogen-bond donors (Lipinski definition) is 1. The fourth-order valence-electron chi connectivity index (χ4n) is 3.25. The Morgan fingerprint density at radius 2 is 2.22 bits per heavy atom. The number of piperidine rings is 1. The van der Waals surface area contributed by atoms with Crippen LogP contribution in [0.4, 0.5) is 5.69 Å². The highest BCUT2D eigenvalue weighted by Crippen LogP contribution is 2.26. The number of rotatable bonds is 2. The van der Waals surface area contributed by atoms with Crippen molar-refractivity contribution in [3.8, 4) is 0 Å². The highest BCUT2D eigenvalue weighted by Gasteiger charge is 2.29. The van der Waals surface area contributed by atoms with Crippen LogP contribution >= 0.6 is 0 Å². The molecular formula is C14H22N4. The van der Waals surface area contributed by atoms with Crippen LogP contribution < -0.4 is 10.6 Å². The van der Waals surface area contributed by atoms with Crippen LogP contribution in [0, 0.1) is 0 Å². The molecule has 3 rings (SSSR count). The molecule has 0 amide bonds. The smallest absolute Gasteiger partial charge is 0.0772 e. The molecule has 2 aliphatic heterocycles. The molecule has 1 atom stereocenters. The van der Waals surface area contributed by atoms with Crippen molar-refractivity contribution in [3.05, 3.63) is 24.0 Å². The molecule has 0 aromatic carbocycles. The van der Waals surface area contributed by atoms with Crippen molar-refractivity contribution in [2.45, 2.75) is 31.8 Å². The lowest BCUT2D eigenvalue weighted by molar-refractivity contribution is 0.133. The van der Waals surface area contributed by atoms with E-state index in [1.54, 1.807) is 0 Å². The lowest BCUT2D eigenvalue weighted by Crippen LogP contribution is -2.55. The Morgan fingerprint density at radius 3 is 3.11 bits per heavy atom. The van der Waals surface area contributed by atoms with E-state index in [0.29, 0.717) is 6.54 Å². The first-order valence-electron chi connectivity index (χ1n) is 7.01. The van der Waals surface area contributed by atoms with Gasteiger partial charge >= 0.3 is 0 Å². The molecular weight excluding hydrogens is 224 g/mol. The van der Waals surface area contributed by atoms with Gasteiger partial charge in [0.2, 0.25) is 0 Å². The maximum Gasteiger partial charge on any atom is 0.0772 e. The van der Waals surface area contributed by atoms with E-state index in [0.717, 1.165) is 24.8 Å². The largest absolute Gasteiger partial charge is 0.367 e. The SMILES string of the molecule is NCc1ncccc1N1CCN2CCCCC2C1. The van der Waals surface area contributed by atoms with Gasteiger partial charge in [-0.15, -0.1) is 0 Å². The van der Waals surface area contributed by atoms with Crippen molar-refractivity contribution in [2.24, 2.45) is 5.73 Å². The topological polar surface area (TPSA) is 45.4 Å². The summed E-state index contributed by atoms with van der Waals surface area (Å²) in [6.45, 7) is 5.24. The number of anilines is 1. The summed E-state index contributed by atoms with van der Waals surface area (Å²) < 4.78 is 0. The normalized spacial score (nSPS) is 24.9. The van der Waals surface area contributed by atoms with Crippen LogP contribution in [-0.2, 0) is 6.54 Å². The van der Waals surface area contributed by atoms with E-state index in [4.69, 9.17) is 5.73 Å². The number of nitrogens with two attached hydrogens (primary N) is 1. The zero-order chi connectivity index (χ0) is 12.4. The zero-order valence-corrected chi connectivity index (χ0v) is 10.9. The Morgan fingerprint density at radius 1 is 1.28 bits per heavy atom. The molecule has 1 aromatic heterocycles. The van der Waals surface area contributed by atoms with Gasteiger partial charge in [0.15, 0.2) is 0 Å². The van der Waals surface area contributed by atoms with Crippen LogP contribution in [0.2, 0.25) is 0 Å². The molecule has 18 heavy (non-hydrogen) atoms. The molecule has 3 heterocycles. The van der Waals surface area contributed by atoms with Crippen LogP contribution in [-0.4, -0.2) is 42.1 Å². The second-order valence-corrected chi connectivity index (χ2v) is 5.30. The van der Waals surface area contributed by atoms with Gasteiger partial charge in [-0.1, -0.05) is 6.42 Å². The Balaban J connectivity index is 1.77. The average molecular weight is 246 g/mol. The fourth-order valence-corrected chi connectivity index (χ4v) is 3.25. The van der Waals surface area contributed by atoms with Gasteiger partial charge in [-0.25, -0.2) is 0 Å². The van der Waals surface area contributed by atoms with Crippen LogP contribution in [0.5, 0.6) is 0 Å². The highest BCUT2D eigenvalue weighted by molar-refractivity contribution is 5.51. The van der Waals surface area contributed by atoms with E-state index in [-0.39, 0.29) is 0 Å². The van der Waals surface area contributed by atoms with Crippen LogP contribution in [0.1, 0.15) is 25.0 Å². The first kappa shape index (κ1) is 11.9. The maximum atomic E-state index is 5.79. The molecule has 0 bridgehead atoms. The monoisotopic (exact) mass is 246 g/mol. The van der Waals surface area contributed by atoms with Gasteiger partial charge in [0.25, 0.3) is 0 Å². The Labute approximate surface area is 109 Å². The Bertz CT molecular complexity index is 407. The summed E-state index contributed by atoms with van der Waals surface area (Å²) in [5.41, 5.74) is 8.06. The molecule has 1 aromatic rings. The van der Waals surface area contributed by atoms with E-state index in [1.165, 1.54) is 38.0 Å². The van der Waals surface area contributed by atoms with Gasteiger partial charge in [-0.3, -0.25) is 9.88 Å². The quantitative estimate of drug-likeness (QED) is 0.852. The first-order chi connectivity index (χ1) is 8.88. The molecule has 98 valence electrons. The molecule has 0 radical (unpaired) electrons. The molecule has 4 heteroatoms. The third-order valence-electron chi connectivity index (χ3n) is 4.24. The number of fused-ring (bicyclic) bond motifs is 1. The van der Waals surface area contributed by atoms with Gasteiger partial charge in [0, 0.05) is 38.4 Å². The van der Waals surface area contributed by atoms with Crippen molar-refractivity contribution in [1.29, 1.82) is 0 Å². The minimum absolute atomic E-state index is 0.529. The second kappa shape index (κ2) is 5.24. The van der Waals surface area contributed by atoms with Crippen LogP contribution in [0.3, 0.4) is 0 Å². The zero-order valence-electron chi connectivity index (χ0n) is 10.9. The van der Waals surface area contributed by atoms with E-state index < -0.39 is 0 Å². The maximum absolute atomic E-state index is 5.79. The summed E-state index contributed by atoms with van der Waals surface area (Å²) in [5.74, 6) is 0. The van der Waals surface area contributed by atoms with Gasteiger partial charge in [0.1, 0.15) is 0 Å². The molecule has 0 aliphatic carbocycles. The summed E-state index contributed by atoms with van der Waals surface area (Å²) in [6.07, 6.45) is 5.93. The number of pyridine rings is 1. The minimum atomic E-state index is 0.529. The lowest BCUT2D eigenvalue weighted by atomic mass is 9.99. The molecule has 2 aliphatic rings. The summed E-state index contributed by atoms with van der Waals surface area (Å²) >= 11 is 0. The summed E-state index contributed by atoms with van der Waals surface area (Å²) in [7, 11) is 0. The van der Waals surface area contributed by atoms with E-state index in [9.17, 15) is 0 Å². The summed E-state index contributed by atoms with van der Waals surface area (Å²) in [5, 5.41) is 0. The second-order valence-electron chi connectivity index (χ2n) is 5.30. The molecule has 4 nitrogen and oxygen atoms in total. The van der Waals surface area contributed by atoms with Gasteiger partial charge < -0.3 is 10.6 Å². The van der Waals surface area contributed by atoms with Crippen molar-refractivity contribution in [1.82, 2.24) is 9.88 Å². The predicted octanol–water partition coefficient (Wildman–Crippen LogP) is 1.21. The standard InChI is InChI=1S/C14H22N4/c15-10-13-14(5-3-6-16-13)18-9-8-17-7-2-1-4-12(17)11-18/h3,5-6,12H,1-2,4,7-11,15H2. The van der Waals surface area contributed by atoms with E-state index in [2.05, 4.69) is 20.9 Å². The molecule has 2 saturated heterocycles. The van der Waals surface area contributed by atoms with Crippen LogP contribution in [0.25, 0.3) is 0 Å². The molecule has 0 saturated carbocycles. The fraction of sp³-hybridized carbons (Fsp3) is 0.643.